The van der Waals surface area contributed by atoms with Gasteiger partial charge in [-0.05, 0) is 27.6 Å². The Kier molecular flexibility index (Phi) is 5.33. The molecule has 110 valence electrons. The molecule has 0 bridgehead atoms. The Balaban J connectivity index is 1.87. The molecule has 0 unspecified atom stereocenters. The van der Waals surface area contributed by atoms with Gasteiger partial charge in [0.15, 0.2) is 5.84 Å². The second-order valence-electron chi connectivity index (χ2n) is 4.86. The molecular weight excluding hydrogens is 327 g/mol. The molecule has 0 atom stereocenters. The van der Waals surface area contributed by atoms with Crippen LogP contribution < -0.4 is 5.73 Å². The van der Waals surface area contributed by atoms with Gasteiger partial charge in [0.25, 0.3) is 0 Å². The van der Waals surface area contributed by atoms with Crippen molar-refractivity contribution in [3.8, 4) is 0 Å². The topological polar surface area (TPSA) is 65.1 Å². The fraction of sp³-hybridized carbons (Fsp3) is 0.462. The van der Waals surface area contributed by atoms with Crippen molar-refractivity contribution < 1.29 is 9.60 Å². The van der Waals surface area contributed by atoms with E-state index in [-0.39, 0.29) is 11.7 Å². The van der Waals surface area contributed by atoms with Crippen LogP contribution in [0.15, 0.2) is 27.8 Å². The van der Waals surface area contributed by atoms with Gasteiger partial charge in [-0.2, -0.15) is 0 Å². The lowest BCUT2D eigenvalue weighted by atomic mass is 10.2. The maximum absolute atomic E-state index is 13.5. The average Bonchev–Trinajstić information content (AvgIpc) is 2.46. The molecule has 0 amide bonds. The van der Waals surface area contributed by atoms with Gasteiger partial charge < -0.3 is 10.9 Å². The first-order valence-corrected chi connectivity index (χ1v) is 7.23. The molecule has 0 radical (unpaired) electrons. The van der Waals surface area contributed by atoms with Gasteiger partial charge in [-0.15, -0.1) is 0 Å². The zero-order valence-corrected chi connectivity index (χ0v) is 12.7. The molecule has 1 fully saturated rings. The molecule has 1 aliphatic rings. The zero-order chi connectivity index (χ0) is 14.5. The van der Waals surface area contributed by atoms with E-state index < -0.39 is 0 Å². The summed E-state index contributed by atoms with van der Waals surface area (Å²) in [6.45, 7) is 4.65. The van der Waals surface area contributed by atoms with Crippen molar-refractivity contribution in [2.24, 2.45) is 10.9 Å². The van der Waals surface area contributed by atoms with Gasteiger partial charge >= 0.3 is 0 Å². The minimum absolute atomic E-state index is 0.228. The molecule has 0 aliphatic carbocycles. The second kappa shape index (κ2) is 7.01. The highest BCUT2D eigenvalue weighted by atomic mass is 79.9. The molecular formula is C13H18BrFN4O. The van der Waals surface area contributed by atoms with Crippen molar-refractivity contribution in [1.29, 1.82) is 0 Å². The lowest BCUT2D eigenvalue weighted by Crippen LogP contribution is -2.48. The molecule has 0 saturated carbocycles. The van der Waals surface area contributed by atoms with Crippen LogP contribution in [0, 0.1) is 5.82 Å². The number of rotatable bonds is 4. The van der Waals surface area contributed by atoms with Crippen LogP contribution in [-0.4, -0.2) is 53.6 Å². The van der Waals surface area contributed by atoms with Gasteiger partial charge in [0.2, 0.25) is 0 Å². The highest BCUT2D eigenvalue weighted by Gasteiger charge is 2.18. The summed E-state index contributed by atoms with van der Waals surface area (Å²) in [5, 5.41) is 11.5. The number of amidine groups is 1. The second-order valence-corrected chi connectivity index (χ2v) is 5.65. The number of piperazine rings is 1. The first kappa shape index (κ1) is 15.2. The maximum Gasteiger partial charge on any atom is 0.153 e. The number of nitrogens with zero attached hydrogens (tertiary/aromatic N) is 3. The molecule has 1 heterocycles. The van der Waals surface area contributed by atoms with Gasteiger partial charge in [-0.1, -0.05) is 17.3 Å². The molecule has 1 aromatic carbocycles. The molecule has 0 aromatic heterocycles. The van der Waals surface area contributed by atoms with E-state index in [0.29, 0.717) is 11.0 Å². The Labute approximate surface area is 126 Å². The standard InChI is InChI=1S/C13H18BrFN4O/c14-13-10(2-1-3-11(13)15)8-18-4-6-19(7-5-18)9-12(16)17-20/h1-3,20H,4-9H2,(H2,16,17). The molecule has 3 N–H and O–H groups in total. The number of hydrogen-bond acceptors (Lipinski definition) is 4. The van der Waals surface area contributed by atoms with Gasteiger partial charge in [-0.3, -0.25) is 9.80 Å². The summed E-state index contributed by atoms with van der Waals surface area (Å²) < 4.78 is 14.0. The molecule has 1 saturated heterocycles. The van der Waals surface area contributed by atoms with E-state index in [2.05, 4.69) is 30.9 Å². The van der Waals surface area contributed by atoms with Crippen molar-refractivity contribution in [1.82, 2.24) is 9.80 Å². The van der Waals surface area contributed by atoms with Crippen LogP contribution >= 0.6 is 15.9 Å². The molecule has 2 rings (SSSR count). The van der Waals surface area contributed by atoms with E-state index >= 15 is 0 Å². The Bertz CT molecular complexity index is 489. The summed E-state index contributed by atoms with van der Waals surface area (Å²) in [6.07, 6.45) is 0. The third-order valence-electron chi connectivity index (χ3n) is 3.40. The maximum atomic E-state index is 13.5. The largest absolute Gasteiger partial charge is 0.409 e. The third kappa shape index (κ3) is 3.91. The lowest BCUT2D eigenvalue weighted by Gasteiger charge is -2.34. The predicted octanol–water partition coefficient (Wildman–Crippen LogP) is 1.45. The van der Waals surface area contributed by atoms with Crippen LogP contribution in [0.3, 0.4) is 0 Å². The number of benzene rings is 1. The summed E-state index contributed by atoms with van der Waals surface area (Å²) in [7, 11) is 0. The van der Waals surface area contributed by atoms with Gasteiger partial charge in [0.05, 0.1) is 11.0 Å². The number of oxime groups is 1. The first-order chi connectivity index (χ1) is 9.60. The van der Waals surface area contributed by atoms with Crippen molar-refractivity contribution in [3.05, 3.63) is 34.1 Å². The molecule has 20 heavy (non-hydrogen) atoms. The van der Waals surface area contributed by atoms with E-state index in [1.807, 2.05) is 6.07 Å². The van der Waals surface area contributed by atoms with Crippen LogP contribution in [0.4, 0.5) is 4.39 Å². The van der Waals surface area contributed by atoms with E-state index in [1.165, 1.54) is 6.07 Å². The van der Waals surface area contributed by atoms with Crippen LogP contribution in [-0.2, 0) is 6.54 Å². The molecule has 5 nitrogen and oxygen atoms in total. The van der Waals surface area contributed by atoms with Crippen LogP contribution in [0.25, 0.3) is 0 Å². The smallest absolute Gasteiger partial charge is 0.153 e. The third-order valence-corrected chi connectivity index (χ3v) is 4.29. The van der Waals surface area contributed by atoms with E-state index in [1.54, 1.807) is 6.07 Å². The molecule has 0 spiro atoms. The SMILES string of the molecule is N/C(CN1CCN(Cc2cccc(F)c2Br)CC1)=N/O. The molecule has 1 aromatic rings. The van der Waals surface area contributed by atoms with Crippen molar-refractivity contribution in [2.75, 3.05) is 32.7 Å². The molecule has 1 aliphatic heterocycles. The van der Waals surface area contributed by atoms with Gasteiger partial charge in [0.1, 0.15) is 5.82 Å². The summed E-state index contributed by atoms with van der Waals surface area (Å²) in [5.41, 5.74) is 6.45. The normalized spacial score (nSPS) is 18.4. The van der Waals surface area contributed by atoms with E-state index in [9.17, 15) is 4.39 Å². The summed E-state index contributed by atoms with van der Waals surface area (Å²) in [6, 6.07) is 5.10. The van der Waals surface area contributed by atoms with Crippen molar-refractivity contribution in [2.45, 2.75) is 6.54 Å². The Morgan fingerprint density at radius 2 is 1.95 bits per heavy atom. The highest BCUT2D eigenvalue weighted by molar-refractivity contribution is 9.10. The minimum atomic E-state index is -0.229. The average molecular weight is 345 g/mol. The number of halogens is 2. The van der Waals surface area contributed by atoms with Crippen LogP contribution in [0.1, 0.15) is 5.56 Å². The fourth-order valence-corrected chi connectivity index (χ4v) is 2.67. The quantitative estimate of drug-likeness (QED) is 0.375. The summed E-state index contributed by atoms with van der Waals surface area (Å²) >= 11 is 3.29. The predicted molar refractivity (Wildman–Crippen MR) is 79.2 cm³/mol. The minimum Gasteiger partial charge on any atom is -0.409 e. The lowest BCUT2D eigenvalue weighted by molar-refractivity contribution is 0.138. The number of hydrogen-bond donors (Lipinski definition) is 2. The van der Waals surface area contributed by atoms with Gasteiger partial charge in [0, 0.05) is 32.7 Å². The first-order valence-electron chi connectivity index (χ1n) is 6.44. The monoisotopic (exact) mass is 344 g/mol. The molecule has 7 heteroatoms. The summed E-state index contributed by atoms with van der Waals surface area (Å²) in [4.78, 5) is 4.40. The fourth-order valence-electron chi connectivity index (χ4n) is 2.28. The van der Waals surface area contributed by atoms with Crippen molar-refractivity contribution >= 4 is 21.8 Å². The van der Waals surface area contributed by atoms with E-state index in [4.69, 9.17) is 10.9 Å². The highest BCUT2D eigenvalue weighted by Crippen LogP contribution is 2.22. The summed E-state index contributed by atoms with van der Waals surface area (Å²) in [5.74, 6) is -0.000563. The Morgan fingerprint density at radius 1 is 1.30 bits per heavy atom. The number of nitrogens with two attached hydrogens (primary N) is 1. The Hall–Kier alpha value is -1.18. The van der Waals surface area contributed by atoms with Crippen molar-refractivity contribution in [3.63, 3.8) is 0 Å². The van der Waals surface area contributed by atoms with Crippen LogP contribution in [0.5, 0.6) is 0 Å². The Morgan fingerprint density at radius 3 is 2.60 bits per heavy atom. The van der Waals surface area contributed by atoms with Gasteiger partial charge in [-0.25, -0.2) is 4.39 Å². The van der Waals surface area contributed by atoms with Crippen LogP contribution in [0.2, 0.25) is 0 Å². The van der Waals surface area contributed by atoms with E-state index in [0.717, 1.165) is 38.3 Å². The zero-order valence-electron chi connectivity index (χ0n) is 11.1.